The molecule has 1 aliphatic heterocycles. The molecule has 1 atom stereocenters. The zero-order valence-electron chi connectivity index (χ0n) is 11.7. The predicted molar refractivity (Wildman–Crippen MR) is 75.0 cm³/mol. The highest BCUT2D eigenvalue weighted by Gasteiger charge is 2.39. The largest absolute Gasteiger partial charge is 0.417 e. The number of nitrogens with two attached hydrogens (primary N) is 1. The predicted octanol–water partition coefficient (Wildman–Crippen LogP) is 0.809. The van der Waals surface area contributed by atoms with Gasteiger partial charge in [0.25, 0.3) is 0 Å². The van der Waals surface area contributed by atoms with Crippen molar-refractivity contribution in [2.45, 2.75) is 12.3 Å². The molecule has 2 heterocycles. The zero-order chi connectivity index (χ0) is 17.0. The zero-order valence-corrected chi connectivity index (χ0v) is 11.7. The van der Waals surface area contributed by atoms with Crippen molar-refractivity contribution < 1.29 is 18.0 Å². The lowest BCUT2D eigenvalue weighted by Gasteiger charge is -2.28. The summed E-state index contributed by atoms with van der Waals surface area (Å²) in [5.74, 6) is -0.752. The molecule has 2 rings (SSSR count). The number of rotatable bonds is 4. The molecule has 0 saturated heterocycles. The van der Waals surface area contributed by atoms with Gasteiger partial charge in [-0.2, -0.15) is 18.4 Å². The lowest BCUT2D eigenvalue weighted by atomic mass is 9.98. The van der Waals surface area contributed by atoms with Crippen LogP contribution in [0.4, 0.5) is 13.2 Å². The molecule has 0 saturated carbocycles. The summed E-state index contributed by atoms with van der Waals surface area (Å²) >= 11 is 0. The van der Waals surface area contributed by atoms with Crippen LogP contribution in [-0.4, -0.2) is 29.8 Å². The fourth-order valence-electron chi connectivity index (χ4n) is 2.06. The maximum atomic E-state index is 13.2. The summed E-state index contributed by atoms with van der Waals surface area (Å²) in [4.78, 5) is 14.7. The molecule has 0 aromatic carbocycles. The van der Waals surface area contributed by atoms with E-state index in [2.05, 4.69) is 15.6 Å². The van der Waals surface area contributed by atoms with E-state index < -0.39 is 29.4 Å². The molecule has 9 heteroatoms. The van der Waals surface area contributed by atoms with Crippen molar-refractivity contribution in [3.63, 3.8) is 0 Å². The van der Waals surface area contributed by atoms with Gasteiger partial charge in [-0.25, -0.2) is 0 Å². The lowest BCUT2D eigenvalue weighted by molar-refractivity contribution is -0.117. The Balaban J connectivity index is 2.47. The highest BCUT2D eigenvalue weighted by Crippen LogP contribution is 2.34. The first-order chi connectivity index (χ1) is 10.8. The number of carbonyl (C=O) groups excluding carboxylic acids is 1. The van der Waals surface area contributed by atoms with E-state index in [0.717, 1.165) is 6.08 Å². The van der Waals surface area contributed by atoms with Crippen LogP contribution >= 0.6 is 0 Å². The monoisotopic (exact) mass is 323 g/mol. The van der Waals surface area contributed by atoms with Gasteiger partial charge in [-0.1, -0.05) is 0 Å². The molecule has 0 bridgehead atoms. The Kier molecular flexibility index (Phi) is 4.66. The smallest absolute Gasteiger partial charge is 0.369 e. The Morgan fingerprint density at radius 3 is 2.61 bits per heavy atom. The molecule has 0 radical (unpaired) electrons. The fraction of sp³-hybridized carbons (Fsp3) is 0.214. The van der Waals surface area contributed by atoms with Gasteiger partial charge in [-0.05, 0) is 18.2 Å². The fourth-order valence-corrected chi connectivity index (χ4v) is 2.06. The second-order valence-corrected chi connectivity index (χ2v) is 4.66. The topological polar surface area (TPSA) is 104 Å². The molecular formula is C14H12F3N5O. The summed E-state index contributed by atoms with van der Waals surface area (Å²) in [6.07, 6.45) is -2.17. The number of aromatic nitrogens is 1. The molecule has 4 N–H and O–H groups in total. The number of allylic oxidation sites excluding steroid dienone is 2. The van der Waals surface area contributed by atoms with Crippen molar-refractivity contribution in [1.29, 1.82) is 5.26 Å². The molecule has 1 amide bonds. The number of nitrogens with zero attached hydrogens (tertiary/aromatic N) is 2. The van der Waals surface area contributed by atoms with Crippen LogP contribution in [0.15, 0.2) is 41.7 Å². The summed E-state index contributed by atoms with van der Waals surface area (Å²) in [5.41, 5.74) is 3.97. The van der Waals surface area contributed by atoms with E-state index in [1.54, 1.807) is 0 Å². The van der Waals surface area contributed by atoms with Crippen molar-refractivity contribution in [2.75, 3.05) is 6.54 Å². The molecule has 120 valence electrons. The van der Waals surface area contributed by atoms with Gasteiger partial charge in [0.15, 0.2) is 0 Å². The van der Waals surface area contributed by atoms with Gasteiger partial charge in [0.1, 0.15) is 6.17 Å². The van der Waals surface area contributed by atoms with Gasteiger partial charge in [0.2, 0.25) is 5.91 Å². The molecule has 1 aromatic rings. The van der Waals surface area contributed by atoms with E-state index in [0.29, 0.717) is 5.56 Å². The normalized spacial score (nSPS) is 18.0. The van der Waals surface area contributed by atoms with Crippen molar-refractivity contribution in [2.24, 2.45) is 5.73 Å². The highest BCUT2D eigenvalue weighted by molar-refractivity contribution is 5.76. The van der Waals surface area contributed by atoms with E-state index in [1.807, 2.05) is 0 Å². The first kappa shape index (κ1) is 16.5. The Labute approximate surface area is 129 Å². The molecule has 0 fully saturated rings. The van der Waals surface area contributed by atoms with E-state index in [4.69, 9.17) is 11.0 Å². The minimum absolute atomic E-state index is 0.153. The maximum Gasteiger partial charge on any atom is 0.417 e. The average Bonchev–Trinajstić information content (AvgIpc) is 2.51. The molecule has 0 aliphatic carbocycles. The van der Waals surface area contributed by atoms with Crippen LogP contribution in [0.5, 0.6) is 0 Å². The summed E-state index contributed by atoms with van der Waals surface area (Å²) in [5, 5.41) is 14.3. The molecule has 1 aromatic heterocycles. The van der Waals surface area contributed by atoms with Crippen LogP contribution in [0.25, 0.3) is 5.70 Å². The van der Waals surface area contributed by atoms with Crippen LogP contribution < -0.4 is 16.4 Å². The van der Waals surface area contributed by atoms with Crippen LogP contribution in [-0.2, 0) is 4.79 Å². The minimum atomic E-state index is -4.71. The number of dihydropyridines is 1. The molecule has 6 nitrogen and oxygen atoms in total. The van der Waals surface area contributed by atoms with Crippen molar-refractivity contribution in [3.05, 3.63) is 47.3 Å². The minimum Gasteiger partial charge on any atom is -0.369 e. The van der Waals surface area contributed by atoms with Crippen LogP contribution in [0.1, 0.15) is 5.56 Å². The molecular weight excluding hydrogens is 311 g/mol. The van der Waals surface area contributed by atoms with Crippen LogP contribution in [0.2, 0.25) is 0 Å². The number of hydrogen-bond acceptors (Lipinski definition) is 5. The second-order valence-electron chi connectivity index (χ2n) is 4.66. The first-order valence-corrected chi connectivity index (χ1v) is 6.44. The molecule has 23 heavy (non-hydrogen) atoms. The van der Waals surface area contributed by atoms with Crippen molar-refractivity contribution in [1.82, 2.24) is 15.6 Å². The summed E-state index contributed by atoms with van der Waals surface area (Å²) in [7, 11) is 0. The molecule has 0 spiro atoms. The van der Waals surface area contributed by atoms with Crippen LogP contribution in [0.3, 0.4) is 0 Å². The highest BCUT2D eigenvalue weighted by atomic mass is 19.4. The van der Waals surface area contributed by atoms with Gasteiger partial charge in [0, 0.05) is 23.7 Å². The second kappa shape index (κ2) is 6.50. The van der Waals surface area contributed by atoms with E-state index >= 15 is 0 Å². The third kappa shape index (κ3) is 3.87. The third-order valence-electron chi connectivity index (χ3n) is 3.06. The van der Waals surface area contributed by atoms with E-state index in [1.165, 1.54) is 30.6 Å². The average molecular weight is 323 g/mol. The first-order valence-electron chi connectivity index (χ1n) is 6.44. The Hall–Kier alpha value is -2.86. The van der Waals surface area contributed by atoms with Gasteiger partial charge in [-0.3, -0.25) is 15.1 Å². The number of alkyl halides is 3. The number of hydrogen-bond donors (Lipinski definition) is 3. The third-order valence-corrected chi connectivity index (χ3v) is 3.06. The SMILES string of the molecule is N#CC1=C(C(F)(F)F)C=C(c2ccncc2)NC1NCC(N)=O. The Bertz CT molecular complexity index is 703. The van der Waals surface area contributed by atoms with Gasteiger partial charge < -0.3 is 11.1 Å². The number of pyridine rings is 1. The van der Waals surface area contributed by atoms with Crippen molar-refractivity contribution >= 4 is 11.6 Å². The van der Waals surface area contributed by atoms with Crippen LogP contribution in [0, 0.1) is 11.3 Å². The van der Waals surface area contributed by atoms with Crippen molar-refractivity contribution in [3.8, 4) is 6.07 Å². The quantitative estimate of drug-likeness (QED) is 0.761. The van der Waals surface area contributed by atoms with E-state index in [-0.39, 0.29) is 12.2 Å². The number of halogens is 3. The molecule has 1 unspecified atom stereocenters. The summed E-state index contributed by atoms with van der Waals surface area (Å²) in [6, 6.07) is 4.58. The maximum absolute atomic E-state index is 13.2. The number of primary amides is 1. The Morgan fingerprint density at radius 1 is 1.43 bits per heavy atom. The summed E-state index contributed by atoms with van der Waals surface area (Å²) in [6.45, 7) is -0.377. The van der Waals surface area contributed by atoms with E-state index in [9.17, 15) is 18.0 Å². The standard InChI is InChI=1S/C14H12F3N5O/c15-14(16,17)10-5-11(8-1-3-20-4-2-8)22-13(9(10)6-18)21-7-12(19)23/h1-5,13,21-22H,7H2,(H2,19,23). The lowest BCUT2D eigenvalue weighted by Crippen LogP contribution is -2.48. The Morgan fingerprint density at radius 2 is 2.09 bits per heavy atom. The van der Waals surface area contributed by atoms with Gasteiger partial charge >= 0.3 is 6.18 Å². The number of nitrogens with one attached hydrogen (secondary N) is 2. The number of nitriles is 1. The van der Waals surface area contributed by atoms with Gasteiger partial charge in [0.05, 0.1) is 23.8 Å². The number of amides is 1. The molecule has 1 aliphatic rings. The summed E-state index contributed by atoms with van der Waals surface area (Å²) < 4.78 is 39.7. The number of carbonyl (C=O) groups is 1. The van der Waals surface area contributed by atoms with Gasteiger partial charge in [-0.15, -0.1) is 0 Å².